The Labute approximate surface area is 150 Å². The van der Waals surface area contributed by atoms with Crippen LogP contribution in [0.4, 0.5) is 11.4 Å². The topological polar surface area (TPSA) is 41.6 Å². The molecule has 3 rings (SSSR count). The Hall–Kier alpha value is -2.27. The SMILES string of the molecule is COc1cc(N(C)C)ccc1C=C1C(=O)Nc2ccc(Br)c(C)c21. The standard InChI is InChI=1S/C19H19BrN2O2/c1-11-15(20)7-8-16-18(11)14(19(23)21-16)9-12-5-6-13(22(2)3)10-17(12)24-4/h5-10H,1-4H3,(H,21,23). The maximum atomic E-state index is 12.4. The molecule has 24 heavy (non-hydrogen) atoms. The highest BCUT2D eigenvalue weighted by molar-refractivity contribution is 9.10. The maximum Gasteiger partial charge on any atom is 0.256 e. The summed E-state index contributed by atoms with van der Waals surface area (Å²) in [4.78, 5) is 14.4. The van der Waals surface area contributed by atoms with Gasteiger partial charge in [-0.3, -0.25) is 4.79 Å². The second-order valence-electron chi connectivity index (χ2n) is 5.93. The van der Waals surface area contributed by atoms with Crippen molar-refractivity contribution in [2.45, 2.75) is 6.92 Å². The molecule has 2 aromatic carbocycles. The predicted molar refractivity (Wildman–Crippen MR) is 103 cm³/mol. The van der Waals surface area contributed by atoms with Crippen LogP contribution in [0.2, 0.25) is 0 Å². The minimum atomic E-state index is -0.0926. The van der Waals surface area contributed by atoms with E-state index in [1.165, 1.54) is 0 Å². The Balaban J connectivity index is 2.14. The Morgan fingerprint density at radius 1 is 1.21 bits per heavy atom. The van der Waals surface area contributed by atoms with E-state index in [1.54, 1.807) is 7.11 Å². The molecule has 4 nitrogen and oxygen atoms in total. The number of hydrogen-bond acceptors (Lipinski definition) is 3. The summed E-state index contributed by atoms with van der Waals surface area (Å²) in [6.07, 6.45) is 1.89. The van der Waals surface area contributed by atoms with Gasteiger partial charge in [0.1, 0.15) is 5.75 Å². The number of amides is 1. The average Bonchev–Trinajstić information content (AvgIpc) is 2.87. The predicted octanol–water partition coefficient (Wildman–Crippen LogP) is 4.32. The van der Waals surface area contributed by atoms with Crippen LogP contribution in [0.25, 0.3) is 11.6 Å². The molecule has 5 heteroatoms. The third-order valence-corrected chi connectivity index (χ3v) is 5.05. The number of fused-ring (bicyclic) bond motifs is 1. The van der Waals surface area contributed by atoms with E-state index >= 15 is 0 Å². The van der Waals surface area contributed by atoms with Gasteiger partial charge < -0.3 is 15.0 Å². The molecule has 124 valence electrons. The fourth-order valence-corrected chi connectivity index (χ4v) is 3.16. The summed E-state index contributed by atoms with van der Waals surface area (Å²) in [5.41, 5.74) is 5.40. The van der Waals surface area contributed by atoms with Crippen LogP contribution in [0.5, 0.6) is 5.75 Å². The van der Waals surface area contributed by atoms with E-state index in [1.807, 2.05) is 62.3 Å². The first-order valence-corrected chi connectivity index (χ1v) is 8.39. The van der Waals surface area contributed by atoms with Crippen molar-refractivity contribution in [3.8, 4) is 5.75 Å². The monoisotopic (exact) mass is 386 g/mol. The average molecular weight is 387 g/mol. The maximum absolute atomic E-state index is 12.4. The largest absolute Gasteiger partial charge is 0.496 e. The lowest BCUT2D eigenvalue weighted by atomic mass is 9.99. The van der Waals surface area contributed by atoms with E-state index < -0.39 is 0 Å². The van der Waals surface area contributed by atoms with Gasteiger partial charge in [0.05, 0.1) is 12.7 Å². The minimum absolute atomic E-state index is 0.0926. The third-order valence-electron chi connectivity index (χ3n) is 4.19. The highest BCUT2D eigenvalue weighted by Crippen LogP contribution is 2.39. The number of nitrogens with one attached hydrogen (secondary N) is 1. The van der Waals surface area contributed by atoms with Gasteiger partial charge in [-0.25, -0.2) is 0 Å². The summed E-state index contributed by atoms with van der Waals surface area (Å²) in [5.74, 6) is 0.646. The van der Waals surface area contributed by atoms with Crippen LogP contribution in [-0.4, -0.2) is 27.1 Å². The number of hydrogen-bond donors (Lipinski definition) is 1. The molecule has 0 spiro atoms. The molecule has 0 unspecified atom stereocenters. The van der Waals surface area contributed by atoms with Gasteiger partial charge in [-0.15, -0.1) is 0 Å². The van der Waals surface area contributed by atoms with Gasteiger partial charge in [-0.2, -0.15) is 0 Å². The lowest BCUT2D eigenvalue weighted by Crippen LogP contribution is -2.08. The molecule has 2 aromatic rings. The van der Waals surface area contributed by atoms with Crippen LogP contribution >= 0.6 is 15.9 Å². The molecule has 0 bridgehead atoms. The molecule has 0 radical (unpaired) electrons. The first-order valence-electron chi connectivity index (χ1n) is 7.60. The minimum Gasteiger partial charge on any atom is -0.496 e. The van der Waals surface area contributed by atoms with E-state index in [9.17, 15) is 4.79 Å². The van der Waals surface area contributed by atoms with Crippen molar-refractivity contribution in [2.24, 2.45) is 0 Å². The Bertz CT molecular complexity index is 857. The lowest BCUT2D eigenvalue weighted by Gasteiger charge is -2.15. The summed E-state index contributed by atoms with van der Waals surface area (Å²) in [7, 11) is 5.60. The number of rotatable bonds is 3. The van der Waals surface area contributed by atoms with Crippen molar-refractivity contribution in [1.82, 2.24) is 0 Å². The molecule has 1 amide bonds. The van der Waals surface area contributed by atoms with Gasteiger partial charge in [0.15, 0.2) is 0 Å². The summed E-state index contributed by atoms with van der Waals surface area (Å²) in [6.45, 7) is 2.00. The van der Waals surface area contributed by atoms with Gasteiger partial charge in [0, 0.05) is 47.1 Å². The molecular formula is C19H19BrN2O2. The third kappa shape index (κ3) is 2.80. The van der Waals surface area contributed by atoms with Crippen LogP contribution in [0.1, 0.15) is 16.7 Å². The van der Waals surface area contributed by atoms with Crippen LogP contribution < -0.4 is 15.0 Å². The smallest absolute Gasteiger partial charge is 0.256 e. The molecule has 0 aromatic heterocycles. The fourth-order valence-electron chi connectivity index (χ4n) is 2.83. The zero-order valence-electron chi connectivity index (χ0n) is 14.1. The van der Waals surface area contributed by atoms with Crippen molar-refractivity contribution in [3.63, 3.8) is 0 Å². The van der Waals surface area contributed by atoms with Gasteiger partial charge in [-0.05, 0) is 42.8 Å². The van der Waals surface area contributed by atoms with Crippen LogP contribution in [0, 0.1) is 6.92 Å². The Kier molecular flexibility index (Phi) is 4.37. The van der Waals surface area contributed by atoms with E-state index in [0.717, 1.165) is 38.3 Å². The Morgan fingerprint density at radius 3 is 2.62 bits per heavy atom. The number of anilines is 2. The quantitative estimate of drug-likeness (QED) is 0.798. The van der Waals surface area contributed by atoms with Gasteiger partial charge >= 0.3 is 0 Å². The van der Waals surface area contributed by atoms with E-state index in [2.05, 4.69) is 21.2 Å². The number of nitrogens with zero attached hydrogens (tertiary/aromatic N) is 1. The molecule has 1 N–H and O–H groups in total. The number of carbonyl (C=O) groups excluding carboxylic acids is 1. The van der Waals surface area contributed by atoms with Crippen LogP contribution in [0.3, 0.4) is 0 Å². The van der Waals surface area contributed by atoms with Gasteiger partial charge in [-0.1, -0.05) is 15.9 Å². The molecule has 1 aliphatic rings. The zero-order chi connectivity index (χ0) is 17.4. The summed E-state index contributed by atoms with van der Waals surface area (Å²) < 4.78 is 6.50. The lowest BCUT2D eigenvalue weighted by molar-refractivity contribution is -0.110. The molecule has 0 fully saturated rings. The van der Waals surface area contributed by atoms with Crippen LogP contribution in [-0.2, 0) is 4.79 Å². The normalized spacial score (nSPS) is 14.5. The number of benzene rings is 2. The summed E-state index contributed by atoms with van der Waals surface area (Å²) in [5, 5.41) is 2.93. The molecule has 1 aliphatic heterocycles. The van der Waals surface area contributed by atoms with Crippen LogP contribution in [0.15, 0.2) is 34.8 Å². The molecule has 0 saturated heterocycles. The number of methoxy groups -OCH3 is 1. The summed E-state index contributed by atoms with van der Waals surface area (Å²) >= 11 is 3.54. The van der Waals surface area contributed by atoms with Crippen molar-refractivity contribution in [3.05, 3.63) is 51.5 Å². The summed E-state index contributed by atoms with van der Waals surface area (Å²) in [6, 6.07) is 9.81. The second kappa shape index (κ2) is 6.32. The highest BCUT2D eigenvalue weighted by Gasteiger charge is 2.27. The highest BCUT2D eigenvalue weighted by atomic mass is 79.9. The van der Waals surface area contributed by atoms with Gasteiger partial charge in [0.2, 0.25) is 0 Å². The van der Waals surface area contributed by atoms with Crippen molar-refractivity contribution < 1.29 is 9.53 Å². The number of carbonyl (C=O) groups is 1. The van der Waals surface area contributed by atoms with E-state index in [4.69, 9.17) is 4.74 Å². The van der Waals surface area contributed by atoms with Crippen molar-refractivity contribution in [1.29, 1.82) is 0 Å². The molecule has 0 saturated carbocycles. The molecule has 0 atom stereocenters. The molecular weight excluding hydrogens is 368 g/mol. The second-order valence-corrected chi connectivity index (χ2v) is 6.78. The van der Waals surface area contributed by atoms with E-state index in [-0.39, 0.29) is 5.91 Å². The van der Waals surface area contributed by atoms with E-state index in [0.29, 0.717) is 5.57 Å². The molecule has 0 aliphatic carbocycles. The zero-order valence-corrected chi connectivity index (χ0v) is 15.7. The van der Waals surface area contributed by atoms with Crippen molar-refractivity contribution in [2.75, 3.05) is 31.4 Å². The molecule has 1 heterocycles. The number of halogens is 1. The van der Waals surface area contributed by atoms with Gasteiger partial charge in [0.25, 0.3) is 5.91 Å². The first-order chi connectivity index (χ1) is 11.4. The first kappa shape index (κ1) is 16.6. The Morgan fingerprint density at radius 2 is 1.96 bits per heavy atom. The fraction of sp³-hybridized carbons (Fsp3) is 0.211. The van der Waals surface area contributed by atoms with Crippen molar-refractivity contribution >= 4 is 44.9 Å². The number of ether oxygens (including phenoxy) is 1.